The van der Waals surface area contributed by atoms with Crippen molar-refractivity contribution in [1.29, 1.82) is 0 Å². The molecular weight excluding hydrogens is 352 g/mol. The van der Waals surface area contributed by atoms with Crippen LogP contribution in [0.25, 0.3) is 11.4 Å². The molecule has 1 aliphatic rings. The van der Waals surface area contributed by atoms with Crippen LogP contribution in [0.4, 0.5) is 5.82 Å². The SMILES string of the molecule is CCN(CC)CCCNc1nc(-c2ccncc2)nc2c1CCN(C(C)=O)C2. The average molecular weight is 383 g/mol. The highest BCUT2D eigenvalue weighted by Gasteiger charge is 2.24. The lowest BCUT2D eigenvalue weighted by Gasteiger charge is -2.29. The Morgan fingerprint density at radius 2 is 1.96 bits per heavy atom. The Hall–Kier alpha value is -2.54. The van der Waals surface area contributed by atoms with Crippen molar-refractivity contribution < 1.29 is 4.79 Å². The number of nitrogens with one attached hydrogen (secondary N) is 1. The van der Waals surface area contributed by atoms with E-state index in [4.69, 9.17) is 9.97 Å². The van der Waals surface area contributed by atoms with Crippen LogP contribution in [0.5, 0.6) is 0 Å². The molecule has 0 unspecified atom stereocenters. The standard InChI is InChI=1S/C21H30N6O/c1-4-26(5-2)13-6-10-23-21-18-9-14-27(16(3)28)15-19(18)24-20(25-21)17-7-11-22-12-8-17/h7-8,11-12H,4-6,9-10,13-15H2,1-3H3,(H,23,24,25). The molecule has 0 saturated heterocycles. The lowest BCUT2D eigenvalue weighted by Crippen LogP contribution is -2.35. The van der Waals surface area contributed by atoms with Gasteiger partial charge in [-0.25, -0.2) is 9.97 Å². The third kappa shape index (κ3) is 4.84. The molecule has 2 aromatic heterocycles. The van der Waals surface area contributed by atoms with Gasteiger partial charge in [-0.1, -0.05) is 13.8 Å². The van der Waals surface area contributed by atoms with E-state index >= 15 is 0 Å². The van der Waals surface area contributed by atoms with Crippen molar-refractivity contribution in [2.75, 3.05) is 38.0 Å². The minimum atomic E-state index is 0.0865. The van der Waals surface area contributed by atoms with Crippen LogP contribution >= 0.6 is 0 Å². The van der Waals surface area contributed by atoms with Gasteiger partial charge in [0, 0.05) is 43.5 Å². The summed E-state index contributed by atoms with van der Waals surface area (Å²) < 4.78 is 0. The highest BCUT2D eigenvalue weighted by atomic mass is 16.2. The van der Waals surface area contributed by atoms with Crippen LogP contribution in [0.1, 0.15) is 38.4 Å². The monoisotopic (exact) mass is 382 g/mol. The second kappa shape index (κ2) is 9.59. The third-order valence-corrected chi connectivity index (χ3v) is 5.29. The van der Waals surface area contributed by atoms with E-state index < -0.39 is 0 Å². The van der Waals surface area contributed by atoms with E-state index in [9.17, 15) is 4.79 Å². The fourth-order valence-corrected chi connectivity index (χ4v) is 3.52. The van der Waals surface area contributed by atoms with Crippen molar-refractivity contribution >= 4 is 11.7 Å². The van der Waals surface area contributed by atoms with Crippen molar-refractivity contribution in [2.45, 2.75) is 40.2 Å². The lowest BCUT2D eigenvalue weighted by molar-refractivity contribution is -0.129. The van der Waals surface area contributed by atoms with Crippen LogP contribution in [-0.2, 0) is 17.8 Å². The summed E-state index contributed by atoms with van der Waals surface area (Å²) in [6.45, 7) is 11.4. The first-order valence-corrected chi connectivity index (χ1v) is 10.1. The molecule has 1 amide bonds. The number of anilines is 1. The largest absolute Gasteiger partial charge is 0.370 e. The van der Waals surface area contributed by atoms with Gasteiger partial charge in [-0.2, -0.15) is 0 Å². The van der Waals surface area contributed by atoms with E-state index in [1.165, 1.54) is 0 Å². The number of carbonyl (C=O) groups excluding carboxylic acids is 1. The fraction of sp³-hybridized carbons (Fsp3) is 0.524. The Balaban J connectivity index is 1.81. The van der Waals surface area contributed by atoms with Crippen molar-refractivity contribution in [3.8, 4) is 11.4 Å². The molecule has 1 aliphatic heterocycles. The minimum Gasteiger partial charge on any atom is -0.370 e. The summed E-state index contributed by atoms with van der Waals surface area (Å²) in [7, 11) is 0. The molecule has 1 N–H and O–H groups in total. The molecular formula is C21H30N6O. The maximum absolute atomic E-state index is 11.8. The van der Waals surface area contributed by atoms with E-state index in [1.807, 2.05) is 17.0 Å². The summed E-state index contributed by atoms with van der Waals surface area (Å²) in [4.78, 5) is 29.8. The van der Waals surface area contributed by atoms with Gasteiger partial charge in [-0.15, -0.1) is 0 Å². The van der Waals surface area contributed by atoms with Crippen LogP contribution in [0.2, 0.25) is 0 Å². The van der Waals surface area contributed by atoms with E-state index in [1.54, 1.807) is 19.3 Å². The van der Waals surface area contributed by atoms with Gasteiger partial charge in [0.25, 0.3) is 0 Å². The molecule has 0 radical (unpaired) electrons. The second-order valence-electron chi connectivity index (χ2n) is 7.05. The zero-order valence-corrected chi connectivity index (χ0v) is 17.1. The summed E-state index contributed by atoms with van der Waals surface area (Å²) in [5.41, 5.74) is 3.01. The Morgan fingerprint density at radius 1 is 1.21 bits per heavy atom. The number of nitrogens with zero attached hydrogens (tertiary/aromatic N) is 5. The van der Waals surface area contributed by atoms with Gasteiger partial charge >= 0.3 is 0 Å². The molecule has 150 valence electrons. The first kappa shape index (κ1) is 20.2. The predicted molar refractivity (Wildman–Crippen MR) is 111 cm³/mol. The molecule has 3 rings (SSSR count). The maximum Gasteiger partial charge on any atom is 0.219 e. The topological polar surface area (TPSA) is 74.2 Å². The summed E-state index contributed by atoms with van der Waals surface area (Å²) >= 11 is 0. The zero-order chi connectivity index (χ0) is 19.9. The summed E-state index contributed by atoms with van der Waals surface area (Å²) in [6.07, 6.45) is 5.34. The molecule has 0 atom stereocenters. The molecule has 0 bridgehead atoms. The maximum atomic E-state index is 11.8. The quantitative estimate of drug-likeness (QED) is 0.708. The van der Waals surface area contributed by atoms with Gasteiger partial charge in [0.15, 0.2) is 5.82 Å². The van der Waals surface area contributed by atoms with Crippen molar-refractivity contribution in [3.63, 3.8) is 0 Å². The van der Waals surface area contributed by atoms with E-state index in [0.29, 0.717) is 18.9 Å². The zero-order valence-electron chi connectivity index (χ0n) is 17.1. The Kier molecular flexibility index (Phi) is 6.92. The number of amides is 1. The number of fused-ring (bicyclic) bond motifs is 1. The normalized spacial score (nSPS) is 13.5. The Morgan fingerprint density at radius 3 is 2.64 bits per heavy atom. The summed E-state index contributed by atoms with van der Waals surface area (Å²) in [5.74, 6) is 1.67. The molecule has 7 nitrogen and oxygen atoms in total. The summed E-state index contributed by atoms with van der Waals surface area (Å²) in [6, 6.07) is 3.83. The lowest BCUT2D eigenvalue weighted by atomic mass is 10.0. The Bertz CT molecular complexity index is 791. The molecule has 0 saturated carbocycles. The molecule has 0 aliphatic carbocycles. The predicted octanol–water partition coefficient (Wildman–Crippen LogP) is 2.59. The van der Waals surface area contributed by atoms with Crippen LogP contribution < -0.4 is 5.32 Å². The number of rotatable bonds is 8. The number of hydrogen-bond acceptors (Lipinski definition) is 6. The third-order valence-electron chi connectivity index (χ3n) is 5.29. The van der Waals surface area contributed by atoms with Crippen LogP contribution in [0.15, 0.2) is 24.5 Å². The molecule has 0 spiro atoms. The number of carbonyl (C=O) groups is 1. The number of aromatic nitrogens is 3. The van der Waals surface area contributed by atoms with Gasteiger partial charge in [-0.3, -0.25) is 9.78 Å². The smallest absolute Gasteiger partial charge is 0.219 e. The second-order valence-corrected chi connectivity index (χ2v) is 7.05. The van der Waals surface area contributed by atoms with E-state index in [-0.39, 0.29) is 5.91 Å². The molecule has 0 aromatic carbocycles. The molecule has 0 fully saturated rings. The van der Waals surface area contributed by atoms with Gasteiger partial charge in [0.1, 0.15) is 5.82 Å². The van der Waals surface area contributed by atoms with Gasteiger partial charge < -0.3 is 15.1 Å². The number of hydrogen-bond donors (Lipinski definition) is 1. The van der Waals surface area contributed by atoms with Crippen molar-refractivity contribution in [1.82, 2.24) is 24.8 Å². The first-order valence-electron chi connectivity index (χ1n) is 10.1. The van der Waals surface area contributed by atoms with Crippen molar-refractivity contribution in [2.24, 2.45) is 0 Å². The van der Waals surface area contributed by atoms with Gasteiger partial charge in [0.2, 0.25) is 5.91 Å². The average Bonchev–Trinajstić information content (AvgIpc) is 2.73. The van der Waals surface area contributed by atoms with Crippen LogP contribution in [0, 0.1) is 0 Å². The molecule has 2 aromatic rings. The van der Waals surface area contributed by atoms with Crippen molar-refractivity contribution in [3.05, 3.63) is 35.8 Å². The minimum absolute atomic E-state index is 0.0865. The van der Waals surface area contributed by atoms with E-state index in [0.717, 1.165) is 61.7 Å². The molecule has 28 heavy (non-hydrogen) atoms. The molecule has 3 heterocycles. The summed E-state index contributed by atoms with van der Waals surface area (Å²) in [5, 5.41) is 3.53. The highest BCUT2D eigenvalue weighted by Crippen LogP contribution is 2.27. The van der Waals surface area contributed by atoms with Crippen LogP contribution in [-0.4, -0.2) is 63.4 Å². The van der Waals surface area contributed by atoms with Gasteiger partial charge in [0.05, 0.1) is 12.2 Å². The van der Waals surface area contributed by atoms with Gasteiger partial charge in [-0.05, 0) is 44.6 Å². The fourth-order valence-electron chi connectivity index (χ4n) is 3.52. The Labute approximate surface area is 167 Å². The highest BCUT2D eigenvalue weighted by molar-refractivity contribution is 5.74. The molecule has 7 heteroatoms. The van der Waals surface area contributed by atoms with E-state index in [2.05, 4.69) is 29.0 Å². The number of pyridine rings is 1. The van der Waals surface area contributed by atoms with Crippen LogP contribution in [0.3, 0.4) is 0 Å². The first-order chi connectivity index (χ1) is 13.6.